The van der Waals surface area contributed by atoms with Crippen molar-refractivity contribution >= 4 is 17.8 Å². The number of carbonyl (C=O) groups is 3. The zero-order chi connectivity index (χ0) is 11.4. The van der Waals surface area contributed by atoms with E-state index in [2.05, 4.69) is 5.32 Å². The Morgan fingerprint density at radius 2 is 2.27 bits per heavy atom. The molecule has 0 aliphatic carbocycles. The molecular formula is C9H14N2O4. The van der Waals surface area contributed by atoms with Gasteiger partial charge in [0.15, 0.2) is 0 Å². The number of likely N-dealkylation sites (tertiary alicyclic amines) is 1. The van der Waals surface area contributed by atoms with E-state index in [4.69, 9.17) is 5.11 Å². The number of nitrogens with zero attached hydrogens (tertiary/aromatic N) is 1. The van der Waals surface area contributed by atoms with Gasteiger partial charge in [0.2, 0.25) is 11.8 Å². The van der Waals surface area contributed by atoms with Crippen LogP contribution in [-0.2, 0) is 14.4 Å². The van der Waals surface area contributed by atoms with E-state index in [9.17, 15) is 14.4 Å². The van der Waals surface area contributed by atoms with E-state index in [1.807, 2.05) is 6.92 Å². The molecule has 2 amide bonds. The second-order valence-corrected chi connectivity index (χ2v) is 3.44. The van der Waals surface area contributed by atoms with Gasteiger partial charge in [-0.05, 0) is 6.92 Å². The molecule has 6 nitrogen and oxygen atoms in total. The summed E-state index contributed by atoms with van der Waals surface area (Å²) in [6, 6.07) is 0. The van der Waals surface area contributed by atoms with Gasteiger partial charge in [0, 0.05) is 19.5 Å². The molecule has 1 rings (SSSR count). The fraction of sp³-hybridized carbons (Fsp3) is 0.667. The molecule has 0 aromatic rings. The van der Waals surface area contributed by atoms with E-state index in [-0.39, 0.29) is 18.2 Å². The molecule has 1 fully saturated rings. The van der Waals surface area contributed by atoms with E-state index in [0.29, 0.717) is 13.1 Å². The Morgan fingerprint density at radius 3 is 2.73 bits per heavy atom. The number of aliphatic carboxylic acids is 1. The quantitative estimate of drug-likeness (QED) is 0.632. The number of rotatable bonds is 4. The minimum absolute atomic E-state index is 0.0482. The predicted molar refractivity (Wildman–Crippen MR) is 51.0 cm³/mol. The molecule has 0 radical (unpaired) electrons. The first-order valence-electron chi connectivity index (χ1n) is 4.81. The van der Waals surface area contributed by atoms with Crippen LogP contribution in [0.4, 0.5) is 0 Å². The highest BCUT2D eigenvalue weighted by Crippen LogP contribution is 2.17. The van der Waals surface area contributed by atoms with Crippen LogP contribution in [0.15, 0.2) is 0 Å². The lowest BCUT2D eigenvalue weighted by atomic mass is 10.1. The summed E-state index contributed by atoms with van der Waals surface area (Å²) < 4.78 is 0. The van der Waals surface area contributed by atoms with Crippen molar-refractivity contribution in [3.8, 4) is 0 Å². The molecule has 0 aromatic carbocycles. The summed E-state index contributed by atoms with van der Waals surface area (Å²) in [5.74, 6) is -1.90. The molecule has 0 spiro atoms. The molecule has 1 aliphatic heterocycles. The largest absolute Gasteiger partial charge is 0.480 e. The van der Waals surface area contributed by atoms with E-state index in [0.717, 1.165) is 0 Å². The maximum absolute atomic E-state index is 11.4. The Bertz CT molecular complexity index is 290. The van der Waals surface area contributed by atoms with Crippen molar-refractivity contribution < 1.29 is 19.5 Å². The number of hydrogen-bond acceptors (Lipinski definition) is 3. The number of nitrogens with one attached hydrogen (secondary N) is 1. The Morgan fingerprint density at radius 1 is 1.60 bits per heavy atom. The van der Waals surface area contributed by atoms with Crippen molar-refractivity contribution in [1.29, 1.82) is 0 Å². The van der Waals surface area contributed by atoms with Crippen molar-refractivity contribution in [2.75, 3.05) is 19.6 Å². The molecule has 1 aliphatic rings. The molecule has 2 N–H and O–H groups in total. The highest BCUT2D eigenvalue weighted by Gasteiger charge is 2.33. The number of carbonyl (C=O) groups excluding carboxylic acids is 2. The second kappa shape index (κ2) is 4.77. The molecule has 1 heterocycles. The van der Waals surface area contributed by atoms with Crippen LogP contribution in [0, 0.1) is 5.92 Å². The SMILES string of the molecule is CCN1CC(C(=O)NCC(=O)O)CC1=O. The number of hydrogen-bond donors (Lipinski definition) is 2. The van der Waals surface area contributed by atoms with Crippen LogP contribution in [0.1, 0.15) is 13.3 Å². The van der Waals surface area contributed by atoms with E-state index >= 15 is 0 Å². The van der Waals surface area contributed by atoms with Crippen LogP contribution in [0.5, 0.6) is 0 Å². The van der Waals surface area contributed by atoms with Crippen molar-refractivity contribution in [1.82, 2.24) is 10.2 Å². The Hall–Kier alpha value is -1.59. The van der Waals surface area contributed by atoms with Gasteiger partial charge in [-0.25, -0.2) is 0 Å². The van der Waals surface area contributed by atoms with Crippen molar-refractivity contribution in [2.45, 2.75) is 13.3 Å². The molecule has 0 bridgehead atoms. The fourth-order valence-corrected chi connectivity index (χ4v) is 1.56. The van der Waals surface area contributed by atoms with Crippen LogP contribution in [0.3, 0.4) is 0 Å². The number of carboxylic acid groups (broad SMARTS) is 1. The summed E-state index contributed by atoms with van der Waals surface area (Å²) in [6.07, 6.45) is 0.180. The average Bonchev–Trinajstić information content (AvgIpc) is 2.56. The van der Waals surface area contributed by atoms with Gasteiger partial charge in [0.05, 0.1) is 5.92 Å². The van der Waals surface area contributed by atoms with Gasteiger partial charge >= 0.3 is 5.97 Å². The van der Waals surface area contributed by atoms with Gasteiger partial charge in [-0.3, -0.25) is 14.4 Å². The van der Waals surface area contributed by atoms with Crippen LogP contribution >= 0.6 is 0 Å². The van der Waals surface area contributed by atoms with Gasteiger partial charge in [-0.1, -0.05) is 0 Å². The molecule has 1 atom stereocenters. The molecule has 6 heteroatoms. The second-order valence-electron chi connectivity index (χ2n) is 3.44. The van der Waals surface area contributed by atoms with Crippen LogP contribution < -0.4 is 5.32 Å². The molecule has 1 unspecified atom stereocenters. The summed E-state index contributed by atoms with van der Waals surface area (Å²) in [6.45, 7) is 2.42. The van der Waals surface area contributed by atoms with Crippen LogP contribution in [0.2, 0.25) is 0 Å². The highest BCUT2D eigenvalue weighted by molar-refractivity contribution is 5.90. The van der Waals surface area contributed by atoms with Crippen LogP contribution in [0.25, 0.3) is 0 Å². The molecule has 0 aromatic heterocycles. The molecular weight excluding hydrogens is 200 g/mol. The normalized spacial score (nSPS) is 20.5. The smallest absolute Gasteiger partial charge is 0.322 e. The number of carboxylic acids is 1. The maximum Gasteiger partial charge on any atom is 0.322 e. The fourth-order valence-electron chi connectivity index (χ4n) is 1.56. The summed E-state index contributed by atoms with van der Waals surface area (Å²) in [7, 11) is 0. The highest BCUT2D eigenvalue weighted by atomic mass is 16.4. The molecule has 1 saturated heterocycles. The first kappa shape index (κ1) is 11.5. The van der Waals surface area contributed by atoms with E-state index in [1.54, 1.807) is 4.90 Å². The lowest BCUT2D eigenvalue weighted by molar-refractivity contribution is -0.138. The zero-order valence-corrected chi connectivity index (χ0v) is 8.52. The van der Waals surface area contributed by atoms with Crippen molar-refractivity contribution in [2.24, 2.45) is 5.92 Å². The van der Waals surface area contributed by atoms with Gasteiger partial charge in [-0.2, -0.15) is 0 Å². The van der Waals surface area contributed by atoms with Crippen molar-refractivity contribution in [3.05, 3.63) is 0 Å². The molecule has 84 valence electrons. The monoisotopic (exact) mass is 214 g/mol. The summed E-state index contributed by atoms with van der Waals surface area (Å²) in [4.78, 5) is 34.5. The topological polar surface area (TPSA) is 86.7 Å². The Kier molecular flexibility index (Phi) is 3.65. The third kappa shape index (κ3) is 2.93. The summed E-state index contributed by atoms with van der Waals surface area (Å²) >= 11 is 0. The third-order valence-corrected chi connectivity index (χ3v) is 2.38. The van der Waals surface area contributed by atoms with Gasteiger partial charge in [0.1, 0.15) is 6.54 Å². The summed E-state index contributed by atoms with van der Waals surface area (Å²) in [5.41, 5.74) is 0. The van der Waals surface area contributed by atoms with Gasteiger partial charge in [-0.15, -0.1) is 0 Å². The minimum atomic E-state index is -1.08. The van der Waals surface area contributed by atoms with Crippen LogP contribution in [-0.4, -0.2) is 47.4 Å². The van der Waals surface area contributed by atoms with Gasteiger partial charge in [0.25, 0.3) is 0 Å². The van der Waals surface area contributed by atoms with E-state index in [1.165, 1.54) is 0 Å². The Balaban J connectivity index is 2.42. The lowest BCUT2D eigenvalue weighted by Crippen LogP contribution is -2.35. The lowest BCUT2D eigenvalue weighted by Gasteiger charge is -2.13. The standard InChI is InChI=1S/C9H14N2O4/c1-2-11-5-6(3-7(11)12)9(15)10-4-8(13)14/h6H,2-5H2,1H3,(H,10,15)(H,13,14). The predicted octanol–water partition coefficient (Wildman–Crippen LogP) is -0.944. The zero-order valence-electron chi connectivity index (χ0n) is 8.52. The van der Waals surface area contributed by atoms with E-state index < -0.39 is 18.4 Å². The maximum atomic E-state index is 11.4. The molecule has 15 heavy (non-hydrogen) atoms. The van der Waals surface area contributed by atoms with Crippen molar-refractivity contribution in [3.63, 3.8) is 0 Å². The first-order valence-corrected chi connectivity index (χ1v) is 4.81. The third-order valence-electron chi connectivity index (χ3n) is 2.38. The summed E-state index contributed by atoms with van der Waals surface area (Å²) in [5, 5.41) is 10.6. The molecule has 0 saturated carbocycles. The number of amides is 2. The first-order chi connectivity index (χ1) is 7.04. The van der Waals surface area contributed by atoms with Gasteiger partial charge < -0.3 is 15.3 Å². The minimum Gasteiger partial charge on any atom is -0.480 e. The Labute approximate surface area is 87.2 Å². The average molecular weight is 214 g/mol.